The van der Waals surface area contributed by atoms with E-state index in [1.807, 2.05) is 36.4 Å². The second-order valence-electron chi connectivity index (χ2n) is 6.98. The van der Waals surface area contributed by atoms with Crippen molar-refractivity contribution in [2.45, 2.75) is 0 Å². The van der Waals surface area contributed by atoms with E-state index in [0.29, 0.717) is 22.1 Å². The number of nitrogens with one attached hydrogen (secondary N) is 1. The number of thioether (sulfide) groups is 1. The molecule has 3 aromatic carbocycles. The van der Waals surface area contributed by atoms with Gasteiger partial charge >= 0.3 is 0 Å². The number of carbonyl (C=O) groups excluding carboxylic acids is 2. The highest BCUT2D eigenvalue weighted by atomic mass is 32.2. The molecule has 4 rings (SSSR count). The normalized spacial score (nSPS) is 14.2. The first-order valence-electron chi connectivity index (χ1n) is 9.92. The quantitative estimate of drug-likeness (QED) is 0.558. The van der Waals surface area contributed by atoms with Crippen molar-refractivity contribution in [1.82, 2.24) is 0 Å². The molecule has 0 unspecified atom stereocenters. The average Bonchev–Trinajstić information content (AvgIpc) is 3.14. The highest BCUT2D eigenvalue weighted by Crippen LogP contribution is 2.29. The third-order valence-electron chi connectivity index (χ3n) is 4.65. The molecule has 33 heavy (non-hydrogen) atoms. The van der Waals surface area contributed by atoms with Gasteiger partial charge in [-0.15, -0.1) is 0 Å². The summed E-state index contributed by atoms with van der Waals surface area (Å²) < 4.78 is 13.4. The van der Waals surface area contributed by atoms with Gasteiger partial charge in [0.25, 0.3) is 5.91 Å². The summed E-state index contributed by atoms with van der Waals surface area (Å²) in [5.74, 6) is -1.07. The van der Waals surface area contributed by atoms with Crippen LogP contribution in [0.15, 0.2) is 89.6 Å². The van der Waals surface area contributed by atoms with Gasteiger partial charge in [0.15, 0.2) is 5.17 Å². The van der Waals surface area contributed by atoms with Crippen molar-refractivity contribution in [2.75, 3.05) is 16.0 Å². The number of aliphatic imine (C=N–C) groups is 1. The molecule has 8 heteroatoms. The number of carbonyl (C=O) groups is 2. The van der Waals surface area contributed by atoms with Crippen molar-refractivity contribution >= 4 is 46.2 Å². The standard InChI is InChI=1S/C25H17FN4O2S/c26-19-8-12-21(13-9-19)30-24(32)22(14-17-4-2-1-3-5-17)29-25(30)33-16-23(31)28-20-10-6-18(15-27)7-11-20/h1-14H,16H2,(H,28,31)/b22-14-. The molecular weight excluding hydrogens is 439 g/mol. The largest absolute Gasteiger partial charge is 0.325 e. The Hall–Kier alpha value is -4.22. The summed E-state index contributed by atoms with van der Waals surface area (Å²) in [6.07, 6.45) is 1.67. The molecular formula is C25H17FN4O2S. The van der Waals surface area contributed by atoms with Crippen molar-refractivity contribution in [3.8, 4) is 6.07 Å². The number of benzene rings is 3. The number of anilines is 2. The van der Waals surface area contributed by atoms with E-state index in [1.165, 1.54) is 29.2 Å². The number of halogens is 1. The lowest BCUT2D eigenvalue weighted by atomic mass is 10.2. The Labute approximate surface area is 194 Å². The summed E-state index contributed by atoms with van der Waals surface area (Å²) >= 11 is 1.10. The summed E-state index contributed by atoms with van der Waals surface area (Å²) in [4.78, 5) is 31.4. The van der Waals surface area contributed by atoms with Crippen molar-refractivity contribution in [3.05, 3.63) is 102 Å². The molecule has 3 aromatic rings. The Kier molecular flexibility index (Phi) is 6.62. The summed E-state index contributed by atoms with van der Waals surface area (Å²) in [5, 5.41) is 11.9. The molecule has 0 aliphatic carbocycles. The van der Waals surface area contributed by atoms with Gasteiger partial charge in [-0.25, -0.2) is 9.38 Å². The molecule has 0 aromatic heterocycles. The highest BCUT2D eigenvalue weighted by Gasteiger charge is 2.32. The molecule has 1 aliphatic rings. The van der Waals surface area contributed by atoms with Crippen LogP contribution in [0.5, 0.6) is 0 Å². The molecule has 0 bridgehead atoms. The first kappa shape index (κ1) is 22.0. The van der Waals surface area contributed by atoms with Gasteiger partial charge in [-0.1, -0.05) is 42.1 Å². The van der Waals surface area contributed by atoms with Crippen LogP contribution in [0, 0.1) is 17.1 Å². The van der Waals surface area contributed by atoms with Gasteiger partial charge in [-0.2, -0.15) is 5.26 Å². The van der Waals surface area contributed by atoms with Crippen molar-refractivity contribution in [1.29, 1.82) is 5.26 Å². The Morgan fingerprint density at radius 2 is 1.76 bits per heavy atom. The minimum atomic E-state index is -0.418. The number of nitriles is 1. The van der Waals surface area contributed by atoms with Crippen LogP contribution in [-0.2, 0) is 9.59 Å². The topological polar surface area (TPSA) is 85.6 Å². The third-order valence-corrected chi connectivity index (χ3v) is 5.59. The van der Waals surface area contributed by atoms with Crippen LogP contribution in [0.2, 0.25) is 0 Å². The van der Waals surface area contributed by atoms with Gasteiger partial charge in [0.05, 0.1) is 23.1 Å². The molecule has 0 atom stereocenters. The van der Waals surface area contributed by atoms with Gasteiger partial charge in [-0.05, 0) is 60.2 Å². The fraction of sp³-hybridized carbons (Fsp3) is 0.0400. The first-order chi connectivity index (χ1) is 16.0. The number of amides is 2. The molecule has 0 radical (unpaired) electrons. The van der Waals surface area contributed by atoms with Crippen LogP contribution in [0.3, 0.4) is 0 Å². The first-order valence-corrected chi connectivity index (χ1v) is 10.9. The molecule has 0 saturated carbocycles. The predicted molar refractivity (Wildman–Crippen MR) is 128 cm³/mol. The molecule has 162 valence electrons. The zero-order chi connectivity index (χ0) is 23.2. The third kappa shape index (κ3) is 5.34. The van der Waals surface area contributed by atoms with E-state index in [0.717, 1.165) is 17.3 Å². The predicted octanol–water partition coefficient (Wildman–Crippen LogP) is 4.81. The number of amidine groups is 1. The maximum absolute atomic E-state index is 13.4. The van der Waals surface area contributed by atoms with E-state index in [1.54, 1.807) is 30.3 Å². The summed E-state index contributed by atoms with van der Waals surface area (Å²) in [7, 11) is 0. The van der Waals surface area contributed by atoms with Gasteiger partial charge in [0, 0.05) is 5.69 Å². The molecule has 1 heterocycles. The SMILES string of the molecule is N#Cc1ccc(NC(=O)CSC2=N/C(=C\c3ccccc3)C(=O)N2c2ccc(F)cc2)cc1. The van der Waals surface area contributed by atoms with Crippen LogP contribution >= 0.6 is 11.8 Å². The fourth-order valence-electron chi connectivity index (χ4n) is 3.07. The van der Waals surface area contributed by atoms with E-state index < -0.39 is 5.82 Å². The van der Waals surface area contributed by atoms with E-state index in [-0.39, 0.29) is 23.3 Å². The second-order valence-corrected chi connectivity index (χ2v) is 7.92. The molecule has 0 spiro atoms. The Morgan fingerprint density at radius 3 is 2.42 bits per heavy atom. The van der Waals surface area contributed by atoms with Crippen LogP contribution < -0.4 is 10.2 Å². The number of nitrogens with zero attached hydrogens (tertiary/aromatic N) is 3. The maximum Gasteiger partial charge on any atom is 0.283 e. The zero-order valence-corrected chi connectivity index (χ0v) is 18.1. The van der Waals surface area contributed by atoms with E-state index >= 15 is 0 Å². The lowest BCUT2D eigenvalue weighted by molar-refractivity contribution is -0.114. The van der Waals surface area contributed by atoms with Crippen molar-refractivity contribution in [2.24, 2.45) is 4.99 Å². The highest BCUT2D eigenvalue weighted by molar-refractivity contribution is 8.14. The van der Waals surface area contributed by atoms with Gasteiger partial charge in [0.2, 0.25) is 5.91 Å². The van der Waals surface area contributed by atoms with Crippen LogP contribution in [-0.4, -0.2) is 22.7 Å². The molecule has 2 amide bonds. The van der Waals surface area contributed by atoms with Crippen LogP contribution in [0.1, 0.15) is 11.1 Å². The molecule has 1 N–H and O–H groups in total. The molecule has 6 nitrogen and oxygen atoms in total. The second kappa shape index (κ2) is 9.94. The van der Waals surface area contributed by atoms with Gasteiger partial charge in [-0.3, -0.25) is 14.5 Å². The average molecular weight is 457 g/mol. The van der Waals surface area contributed by atoms with E-state index in [9.17, 15) is 14.0 Å². The van der Waals surface area contributed by atoms with Crippen LogP contribution in [0.4, 0.5) is 15.8 Å². The Balaban J connectivity index is 1.54. The van der Waals surface area contributed by atoms with Crippen molar-refractivity contribution < 1.29 is 14.0 Å². The molecule has 0 fully saturated rings. The maximum atomic E-state index is 13.4. The Bertz CT molecular complexity index is 1280. The van der Waals surface area contributed by atoms with Crippen molar-refractivity contribution in [3.63, 3.8) is 0 Å². The Morgan fingerprint density at radius 1 is 1.06 bits per heavy atom. The van der Waals surface area contributed by atoms with Gasteiger partial charge < -0.3 is 5.32 Å². The summed E-state index contributed by atoms with van der Waals surface area (Å²) in [6.45, 7) is 0. The monoisotopic (exact) mass is 456 g/mol. The van der Waals surface area contributed by atoms with E-state index in [4.69, 9.17) is 5.26 Å². The van der Waals surface area contributed by atoms with Crippen LogP contribution in [0.25, 0.3) is 6.08 Å². The minimum Gasteiger partial charge on any atom is -0.325 e. The summed E-state index contributed by atoms with van der Waals surface area (Å²) in [6, 6.07) is 23.3. The van der Waals surface area contributed by atoms with Gasteiger partial charge in [0.1, 0.15) is 11.5 Å². The number of hydrogen-bond acceptors (Lipinski definition) is 5. The number of hydrogen-bond donors (Lipinski definition) is 1. The minimum absolute atomic E-state index is 0.00241. The zero-order valence-electron chi connectivity index (χ0n) is 17.2. The molecule has 1 aliphatic heterocycles. The molecule has 0 saturated heterocycles. The smallest absolute Gasteiger partial charge is 0.283 e. The fourth-order valence-corrected chi connectivity index (χ4v) is 3.89. The summed E-state index contributed by atoms with van der Waals surface area (Å²) in [5.41, 5.74) is 2.54. The van der Waals surface area contributed by atoms with E-state index in [2.05, 4.69) is 10.3 Å². The number of rotatable bonds is 5. The lowest BCUT2D eigenvalue weighted by Gasteiger charge is -2.17. The lowest BCUT2D eigenvalue weighted by Crippen LogP contribution is -2.31.